The molecule has 0 spiro atoms. The highest BCUT2D eigenvalue weighted by Gasteiger charge is 2.34. The van der Waals surface area contributed by atoms with Gasteiger partial charge < -0.3 is 10.5 Å². The molecule has 1 fully saturated rings. The van der Waals surface area contributed by atoms with Gasteiger partial charge in [0.15, 0.2) is 0 Å². The molecule has 1 aromatic carbocycles. The predicted molar refractivity (Wildman–Crippen MR) is 65.6 cm³/mol. The van der Waals surface area contributed by atoms with E-state index in [0.29, 0.717) is 13.2 Å². The molecule has 0 bridgehead atoms. The van der Waals surface area contributed by atoms with Crippen LogP contribution < -0.4 is 5.73 Å². The van der Waals surface area contributed by atoms with Crippen molar-refractivity contribution < 1.29 is 9.53 Å². The maximum absolute atomic E-state index is 11.6. The lowest BCUT2D eigenvalue weighted by molar-refractivity contribution is 0.156. The molecule has 1 saturated heterocycles. The Kier molecular flexibility index (Phi) is 3.33. The van der Waals surface area contributed by atoms with E-state index in [9.17, 15) is 4.79 Å². The second-order valence-electron chi connectivity index (χ2n) is 4.63. The second kappa shape index (κ2) is 4.75. The van der Waals surface area contributed by atoms with E-state index >= 15 is 0 Å². The molecule has 1 aliphatic heterocycles. The van der Waals surface area contributed by atoms with E-state index in [0.717, 1.165) is 5.56 Å². The van der Waals surface area contributed by atoms with Gasteiger partial charge in [0.25, 0.3) is 0 Å². The topological polar surface area (TPSA) is 55.6 Å². The molecule has 92 valence electrons. The SMILES string of the molecule is Cc1ccc(C2COC(=O)N2CC(C)N)cc1. The third-order valence-corrected chi connectivity index (χ3v) is 2.92. The molecule has 17 heavy (non-hydrogen) atoms. The number of hydrogen-bond donors (Lipinski definition) is 1. The summed E-state index contributed by atoms with van der Waals surface area (Å²) < 4.78 is 5.10. The zero-order chi connectivity index (χ0) is 12.4. The van der Waals surface area contributed by atoms with Crippen molar-refractivity contribution >= 4 is 6.09 Å². The van der Waals surface area contributed by atoms with Crippen molar-refractivity contribution in [3.8, 4) is 0 Å². The van der Waals surface area contributed by atoms with Gasteiger partial charge in [-0.15, -0.1) is 0 Å². The normalized spacial score (nSPS) is 21.5. The average molecular weight is 234 g/mol. The number of carbonyl (C=O) groups excluding carboxylic acids is 1. The molecular weight excluding hydrogens is 216 g/mol. The Morgan fingerprint density at radius 1 is 1.47 bits per heavy atom. The van der Waals surface area contributed by atoms with Crippen LogP contribution in [-0.2, 0) is 4.74 Å². The summed E-state index contributed by atoms with van der Waals surface area (Å²) in [4.78, 5) is 13.3. The van der Waals surface area contributed by atoms with E-state index in [1.54, 1.807) is 4.90 Å². The van der Waals surface area contributed by atoms with E-state index in [2.05, 4.69) is 0 Å². The van der Waals surface area contributed by atoms with Crippen molar-refractivity contribution in [1.82, 2.24) is 4.90 Å². The van der Waals surface area contributed by atoms with E-state index in [1.165, 1.54) is 5.56 Å². The van der Waals surface area contributed by atoms with Crippen molar-refractivity contribution in [2.45, 2.75) is 25.9 Å². The van der Waals surface area contributed by atoms with Crippen LogP contribution in [0.2, 0.25) is 0 Å². The number of aryl methyl sites for hydroxylation is 1. The minimum atomic E-state index is -0.270. The zero-order valence-corrected chi connectivity index (χ0v) is 10.2. The highest BCUT2D eigenvalue weighted by atomic mass is 16.6. The van der Waals surface area contributed by atoms with Gasteiger partial charge in [0.1, 0.15) is 6.61 Å². The Balaban J connectivity index is 2.19. The molecule has 0 radical (unpaired) electrons. The van der Waals surface area contributed by atoms with Crippen molar-refractivity contribution in [2.75, 3.05) is 13.2 Å². The first-order valence-electron chi connectivity index (χ1n) is 5.83. The van der Waals surface area contributed by atoms with Crippen LogP contribution in [0.3, 0.4) is 0 Å². The lowest BCUT2D eigenvalue weighted by Gasteiger charge is -2.23. The summed E-state index contributed by atoms with van der Waals surface area (Å²) in [5.74, 6) is 0. The first kappa shape index (κ1) is 11.9. The monoisotopic (exact) mass is 234 g/mol. The Morgan fingerprint density at radius 2 is 2.12 bits per heavy atom. The Bertz CT molecular complexity index is 400. The summed E-state index contributed by atoms with van der Waals surface area (Å²) in [6, 6.07) is 8.11. The van der Waals surface area contributed by atoms with Gasteiger partial charge in [-0.05, 0) is 19.4 Å². The standard InChI is InChI=1S/C13H18N2O2/c1-9-3-5-11(6-4-9)12-8-17-13(16)15(12)7-10(2)14/h3-6,10,12H,7-8,14H2,1-2H3. The fraction of sp³-hybridized carbons (Fsp3) is 0.462. The first-order chi connectivity index (χ1) is 8.08. The minimum Gasteiger partial charge on any atom is -0.447 e. The molecule has 0 aliphatic carbocycles. The van der Waals surface area contributed by atoms with Crippen molar-refractivity contribution in [3.05, 3.63) is 35.4 Å². The van der Waals surface area contributed by atoms with E-state index < -0.39 is 0 Å². The van der Waals surface area contributed by atoms with Crippen molar-refractivity contribution in [3.63, 3.8) is 0 Å². The summed E-state index contributed by atoms with van der Waals surface area (Å²) in [6.07, 6.45) is -0.270. The predicted octanol–water partition coefficient (Wildman–Crippen LogP) is 1.84. The number of ether oxygens (including phenoxy) is 1. The number of amides is 1. The Hall–Kier alpha value is -1.55. The average Bonchev–Trinajstić information content (AvgIpc) is 2.61. The van der Waals surface area contributed by atoms with Gasteiger partial charge >= 0.3 is 6.09 Å². The number of nitrogens with two attached hydrogens (primary N) is 1. The van der Waals surface area contributed by atoms with Gasteiger partial charge in [0.05, 0.1) is 6.04 Å². The van der Waals surface area contributed by atoms with Crippen LogP contribution >= 0.6 is 0 Å². The second-order valence-corrected chi connectivity index (χ2v) is 4.63. The summed E-state index contributed by atoms with van der Waals surface area (Å²) in [6.45, 7) is 4.86. The number of rotatable bonds is 3. The molecule has 0 saturated carbocycles. The smallest absolute Gasteiger partial charge is 0.410 e. The van der Waals surface area contributed by atoms with E-state index in [4.69, 9.17) is 10.5 Å². The molecule has 2 N–H and O–H groups in total. The maximum Gasteiger partial charge on any atom is 0.410 e. The van der Waals surface area contributed by atoms with Gasteiger partial charge in [-0.2, -0.15) is 0 Å². The van der Waals surface area contributed by atoms with Crippen LogP contribution in [0, 0.1) is 6.92 Å². The largest absolute Gasteiger partial charge is 0.447 e. The van der Waals surface area contributed by atoms with Crippen LogP contribution in [0.5, 0.6) is 0 Å². The number of cyclic esters (lactones) is 1. The molecule has 2 unspecified atom stereocenters. The van der Waals surface area contributed by atoms with Gasteiger partial charge in [0, 0.05) is 12.6 Å². The molecule has 2 atom stereocenters. The van der Waals surface area contributed by atoms with Crippen LogP contribution in [0.15, 0.2) is 24.3 Å². The summed E-state index contributed by atoms with van der Waals surface area (Å²) >= 11 is 0. The van der Waals surface area contributed by atoms with Crippen molar-refractivity contribution in [1.29, 1.82) is 0 Å². The Morgan fingerprint density at radius 3 is 2.71 bits per heavy atom. The third-order valence-electron chi connectivity index (χ3n) is 2.92. The van der Waals surface area contributed by atoms with Crippen LogP contribution in [0.25, 0.3) is 0 Å². The number of carbonyl (C=O) groups is 1. The lowest BCUT2D eigenvalue weighted by atomic mass is 10.0. The Labute approximate surface area is 101 Å². The fourth-order valence-corrected chi connectivity index (χ4v) is 2.03. The van der Waals surface area contributed by atoms with Crippen LogP contribution in [0.4, 0.5) is 4.79 Å². The third kappa shape index (κ3) is 2.58. The van der Waals surface area contributed by atoms with Gasteiger partial charge in [-0.25, -0.2) is 4.79 Å². The summed E-state index contributed by atoms with van der Waals surface area (Å²) in [7, 11) is 0. The van der Waals surface area contributed by atoms with Gasteiger partial charge in [-0.1, -0.05) is 29.8 Å². The zero-order valence-electron chi connectivity index (χ0n) is 10.2. The molecule has 0 aromatic heterocycles. The van der Waals surface area contributed by atoms with E-state index in [1.807, 2.05) is 38.1 Å². The molecular formula is C13H18N2O2. The maximum atomic E-state index is 11.6. The molecule has 1 heterocycles. The fourth-order valence-electron chi connectivity index (χ4n) is 2.03. The summed E-state index contributed by atoms with van der Waals surface area (Å²) in [5.41, 5.74) is 8.05. The number of nitrogens with zero attached hydrogens (tertiary/aromatic N) is 1. The first-order valence-corrected chi connectivity index (χ1v) is 5.83. The van der Waals surface area contributed by atoms with Gasteiger partial charge in [0.2, 0.25) is 0 Å². The minimum absolute atomic E-state index is 0.00546. The number of benzene rings is 1. The van der Waals surface area contributed by atoms with Crippen LogP contribution in [-0.4, -0.2) is 30.2 Å². The van der Waals surface area contributed by atoms with Crippen LogP contribution in [0.1, 0.15) is 24.1 Å². The molecule has 1 aromatic rings. The molecule has 1 amide bonds. The van der Waals surface area contributed by atoms with Gasteiger partial charge in [-0.3, -0.25) is 4.90 Å². The van der Waals surface area contributed by atoms with E-state index in [-0.39, 0.29) is 18.2 Å². The highest BCUT2D eigenvalue weighted by molar-refractivity contribution is 5.70. The summed E-state index contributed by atoms with van der Waals surface area (Å²) in [5, 5.41) is 0. The molecule has 1 aliphatic rings. The lowest BCUT2D eigenvalue weighted by Crippen LogP contribution is -2.37. The highest BCUT2D eigenvalue weighted by Crippen LogP contribution is 2.27. The quantitative estimate of drug-likeness (QED) is 0.868. The molecule has 2 rings (SSSR count). The van der Waals surface area contributed by atoms with Crippen molar-refractivity contribution in [2.24, 2.45) is 5.73 Å². The molecule has 4 nitrogen and oxygen atoms in total. The molecule has 4 heteroatoms. The number of hydrogen-bond acceptors (Lipinski definition) is 3.